The van der Waals surface area contributed by atoms with E-state index in [0.717, 1.165) is 0 Å². The molecule has 7 nitrogen and oxygen atoms in total. The van der Waals surface area contributed by atoms with Gasteiger partial charge in [-0.3, -0.25) is 0 Å². The van der Waals surface area contributed by atoms with Crippen molar-refractivity contribution in [3.63, 3.8) is 0 Å². The average molecular weight is 400 g/mol. The van der Waals surface area contributed by atoms with Gasteiger partial charge >= 0.3 is 0 Å². The Balaban J connectivity index is 1.95. The summed E-state index contributed by atoms with van der Waals surface area (Å²) >= 11 is 5.05. The standard InChI is InChI=1S/C14H25B3O7PS/c1-7-12(9(5-19-3)22-13(7)15)24-25(18,26)21-6-10-11(20-4)8(2)14(17-16)23-10/h7-14H,5-6H2,1-4H3,(H,18,26)/p-1/t7?,8?,9-,10-,11-,12-,13-,14-,25?/m1/s1. The Morgan fingerprint density at radius 1 is 1.12 bits per heavy atom. The van der Waals surface area contributed by atoms with Crippen LogP contribution in [-0.2, 0) is 39.8 Å². The molecule has 0 spiro atoms. The minimum atomic E-state index is -3.79. The van der Waals surface area contributed by atoms with Crippen molar-refractivity contribution in [3.8, 4) is 0 Å². The maximum atomic E-state index is 12.7. The summed E-state index contributed by atoms with van der Waals surface area (Å²) in [6, 6.07) is -0.820. The minimum absolute atomic E-state index is 0.0308. The molecule has 2 aliphatic heterocycles. The molecule has 0 bridgehead atoms. The lowest BCUT2D eigenvalue weighted by Gasteiger charge is -2.34. The van der Waals surface area contributed by atoms with Gasteiger partial charge in [0.1, 0.15) is 26.8 Å². The molecule has 0 aromatic rings. The molecule has 0 aromatic heterocycles. The fourth-order valence-corrected chi connectivity index (χ4v) is 4.88. The fraction of sp³-hybridized carbons (Fsp3) is 1.00. The predicted octanol–water partition coefficient (Wildman–Crippen LogP) is -0.687. The van der Waals surface area contributed by atoms with Crippen LogP contribution in [0.3, 0.4) is 0 Å². The van der Waals surface area contributed by atoms with E-state index in [1.807, 2.05) is 13.8 Å². The first-order valence-corrected chi connectivity index (χ1v) is 11.1. The summed E-state index contributed by atoms with van der Waals surface area (Å²) in [6.07, 6.45) is -1.75. The number of rotatable bonds is 9. The zero-order chi connectivity index (χ0) is 19.5. The van der Waals surface area contributed by atoms with Crippen molar-refractivity contribution in [1.82, 2.24) is 0 Å². The molecule has 5 radical (unpaired) electrons. The van der Waals surface area contributed by atoms with Crippen LogP contribution in [0.2, 0.25) is 0 Å². The van der Waals surface area contributed by atoms with Gasteiger partial charge in [-0.25, -0.2) is 0 Å². The van der Waals surface area contributed by atoms with Crippen LogP contribution in [0.15, 0.2) is 0 Å². The van der Waals surface area contributed by atoms with E-state index in [1.165, 1.54) is 14.3 Å². The van der Waals surface area contributed by atoms with Crippen molar-refractivity contribution in [1.29, 1.82) is 0 Å². The lowest BCUT2D eigenvalue weighted by molar-refractivity contribution is -0.216. The first-order valence-electron chi connectivity index (χ1n) is 8.51. The molecule has 2 rings (SSSR count). The lowest BCUT2D eigenvalue weighted by Crippen LogP contribution is -2.35. The molecule has 2 aliphatic rings. The Bertz CT molecular complexity index is 505. The monoisotopic (exact) mass is 400 g/mol. The highest BCUT2D eigenvalue weighted by Crippen LogP contribution is 2.46. The predicted molar refractivity (Wildman–Crippen MR) is 101 cm³/mol. The van der Waals surface area contributed by atoms with Gasteiger partial charge in [0.2, 0.25) is 0 Å². The molecule has 0 saturated carbocycles. The highest BCUT2D eigenvalue weighted by atomic mass is 32.5. The summed E-state index contributed by atoms with van der Waals surface area (Å²) in [4.78, 5) is 12.7. The van der Waals surface area contributed by atoms with Crippen LogP contribution >= 0.6 is 6.72 Å². The van der Waals surface area contributed by atoms with Gasteiger partial charge < -0.3 is 32.9 Å². The second kappa shape index (κ2) is 9.85. The summed E-state index contributed by atoms with van der Waals surface area (Å²) in [5, 5.41) is 0. The molecule has 26 heavy (non-hydrogen) atoms. The number of hydrogen-bond donors (Lipinski definition) is 0. The number of ether oxygens (including phenoxy) is 4. The molecule has 12 heteroatoms. The third-order valence-corrected chi connectivity index (χ3v) is 6.45. The Hall–Kier alpha value is 0.565. The molecule has 2 heterocycles. The van der Waals surface area contributed by atoms with Gasteiger partial charge in [-0.1, -0.05) is 25.7 Å². The molecule has 0 aromatic carbocycles. The van der Waals surface area contributed by atoms with Crippen molar-refractivity contribution in [2.24, 2.45) is 11.8 Å². The highest BCUT2D eigenvalue weighted by molar-refractivity contribution is 8.06. The molecule has 9 atom stereocenters. The molecular formula is C14H24B3O7PS-. The summed E-state index contributed by atoms with van der Waals surface area (Å²) < 4.78 is 32.9. The van der Waals surface area contributed by atoms with Crippen molar-refractivity contribution in [3.05, 3.63) is 0 Å². The molecule has 2 fully saturated rings. The van der Waals surface area contributed by atoms with Crippen LogP contribution in [0.5, 0.6) is 0 Å². The van der Waals surface area contributed by atoms with E-state index in [-0.39, 0.29) is 37.2 Å². The second-order valence-electron chi connectivity index (χ2n) is 6.66. The van der Waals surface area contributed by atoms with Crippen LogP contribution in [0.4, 0.5) is 0 Å². The number of hydrogen-bond acceptors (Lipinski definition) is 8. The van der Waals surface area contributed by atoms with Gasteiger partial charge in [-0.15, -0.1) is 0 Å². The van der Waals surface area contributed by atoms with Gasteiger partial charge in [0.05, 0.1) is 32.6 Å². The molecule has 0 N–H and O–H groups in total. The van der Waals surface area contributed by atoms with Crippen LogP contribution in [0.25, 0.3) is 0 Å². The largest absolute Gasteiger partial charge is 0.780 e. The van der Waals surface area contributed by atoms with Crippen molar-refractivity contribution in [2.45, 2.75) is 50.3 Å². The van der Waals surface area contributed by atoms with Crippen LogP contribution in [0, 0.1) is 11.8 Å². The average Bonchev–Trinajstić information content (AvgIpc) is 3.04. The van der Waals surface area contributed by atoms with Crippen molar-refractivity contribution >= 4 is 41.3 Å². The summed E-state index contributed by atoms with van der Waals surface area (Å²) in [6.45, 7) is 0.228. The van der Waals surface area contributed by atoms with Gasteiger partial charge in [-0.05, 0) is 0 Å². The third-order valence-electron chi connectivity index (χ3n) is 4.91. The molecule has 3 unspecified atom stereocenters. The van der Waals surface area contributed by atoms with Crippen molar-refractivity contribution < 1.29 is 32.9 Å². The topological polar surface area (TPSA) is 78.4 Å². The maximum Gasteiger partial charge on any atom is 0.116 e. The Labute approximate surface area is 164 Å². The smallest absolute Gasteiger partial charge is 0.116 e. The lowest BCUT2D eigenvalue weighted by atomic mass is 9.49. The van der Waals surface area contributed by atoms with E-state index in [9.17, 15) is 4.89 Å². The normalized spacial score (nSPS) is 42.7. The van der Waals surface area contributed by atoms with Gasteiger partial charge in [0, 0.05) is 45.8 Å². The van der Waals surface area contributed by atoms with E-state index >= 15 is 0 Å². The molecule has 2 saturated heterocycles. The highest BCUT2D eigenvalue weighted by Gasteiger charge is 2.43. The van der Waals surface area contributed by atoms with Gasteiger partial charge in [0.25, 0.3) is 0 Å². The van der Waals surface area contributed by atoms with E-state index in [4.69, 9.17) is 55.4 Å². The number of methoxy groups -OCH3 is 2. The van der Waals surface area contributed by atoms with E-state index < -0.39 is 31.0 Å². The molecule has 0 amide bonds. The van der Waals surface area contributed by atoms with Crippen LogP contribution in [0.1, 0.15) is 13.8 Å². The Morgan fingerprint density at radius 3 is 2.35 bits per heavy atom. The first kappa shape index (κ1) is 22.8. The molecule has 143 valence electrons. The molecule has 0 aliphatic carbocycles. The van der Waals surface area contributed by atoms with E-state index in [1.54, 1.807) is 7.11 Å². The SMILES string of the molecule is [B][B][C@@H]1O[C@H](COP([O-])(=S)O[C@@H]2C(C)[C@H]([B])O[C@@H]2COC)[C@H](OC)C1C. The van der Waals surface area contributed by atoms with Gasteiger partial charge in [0.15, 0.2) is 0 Å². The van der Waals surface area contributed by atoms with Crippen LogP contribution < -0.4 is 4.89 Å². The molecular weight excluding hydrogens is 376 g/mol. The Morgan fingerprint density at radius 2 is 1.77 bits per heavy atom. The van der Waals surface area contributed by atoms with E-state index in [2.05, 4.69) is 0 Å². The third kappa shape index (κ3) is 5.34. The quantitative estimate of drug-likeness (QED) is 0.372. The summed E-state index contributed by atoms with van der Waals surface area (Å²) in [7, 11) is 16.1. The summed E-state index contributed by atoms with van der Waals surface area (Å²) in [5.74, 6) is -0.169. The van der Waals surface area contributed by atoms with Crippen molar-refractivity contribution in [2.75, 3.05) is 27.4 Å². The maximum absolute atomic E-state index is 12.7. The minimum Gasteiger partial charge on any atom is -0.780 e. The van der Waals surface area contributed by atoms with Crippen LogP contribution in [-0.4, -0.2) is 86.6 Å². The Kier molecular flexibility index (Phi) is 8.66. The summed E-state index contributed by atoms with van der Waals surface area (Å²) in [5.41, 5.74) is 0. The van der Waals surface area contributed by atoms with E-state index in [0.29, 0.717) is 0 Å². The fourth-order valence-electron chi connectivity index (χ4n) is 3.39. The van der Waals surface area contributed by atoms with Gasteiger partial charge in [-0.2, -0.15) is 0 Å². The first-order chi connectivity index (χ1) is 12.2. The zero-order valence-corrected chi connectivity index (χ0v) is 17.2. The second-order valence-corrected chi connectivity index (χ2v) is 9.36. The zero-order valence-electron chi connectivity index (χ0n) is 15.5.